The lowest BCUT2D eigenvalue weighted by Crippen LogP contribution is -2.23. The lowest BCUT2D eigenvalue weighted by atomic mass is 10.2. The van der Waals surface area contributed by atoms with Gasteiger partial charge in [0.25, 0.3) is 0 Å². The Kier molecular flexibility index (Phi) is 4.68. The molecule has 0 saturated carbocycles. The average molecular weight is 285 g/mol. The van der Waals surface area contributed by atoms with Crippen LogP contribution in [0.5, 0.6) is 5.75 Å². The van der Waals surface area contributed by atoms with Gasteiger partial charge in [-0.1, -0.05) is 29.8 Å². The lowest BCUT2D eigenvalue weighted by molar-refractivity contribution is 0.475. The molecule has 0 spiro atoms. The summed E-state index contributed by atoms with van der Waals surface area (Å²) in [6.07, 6.45) is 1.59. The maximum atomic E-state index is 9.32. The molecule has 20 heavy (non-hydrogen) atoms. The summed E-state index contributed by atoms with van der Waals surface area (Å²) < 4.78 is 0. The maximum absolute atomic E-state index is 9.32. The molecule has 0 bridgehead atoms. The van der Waals surface area contributed by atoms with Crippen molar-refractivity contribution in [2.45, 2.75) is 6.92 Å². The molecule has 0 unspecified atom stereocenters. The largest absolute Gasteiger partial charge is 0.508 e. The molecule has 0 aliphatic carbocycles. The Hall–Kier alpha value is -2.40. The smallest absolute Gasteiger partial charge is 0.191 e. The van der Waals surface area contributed by atoms with Gasteiger partial charge in [-0.15, -0.1) is 0 Å². The predicted molar refractivity (Wildman–Crippen MR) is 86.2 cm³/mol. The molecule has 4 nitrogen and oxygen atoms in total. The number of nitrogens with one attached hydrogen (secondary N) is 2. The van der Waals surface area contributed by atoms with E-state index in [0.717, 1.165) is 11.3 Å². The molecule has 2 aromatic rings. The fourth-order valence-electron chi connectivity index (χ4n) is 1.57. The van der Waals surface area contributed by atoms with E-state index < -0.39 is 0 Å². The monoisotopic (exact) mass is 285 g/mol. The van der Waals surface area contributed by atoms with Crippen molar-refractivity contribution in [3.05, 3.63) is 59.7 Å². The molecule has 0 atom stereocenters. The molecular weight excluding hydrogens is 270 g/mol. The van der Waals surface area contributed by atoms with Gasteiger partial charge in [-0.3, -0.25) is 5.43 Å². The molecule has 2 aromatic carbocycles. The van der Waals surface area contributed by atoms with Gasteiger partial charge in [-0.2, -0.15) is 5.10 Å². The molecule has 0 aliphatic heterocycles. The average Bonchev–Trinajstić information content (AvgIpc) is 2.41. The van der Waals surface area contributed by atoms with Gasteiger partial charge in [0.05, 0.1) is 6.21 Å². The van der Waals surface area contributed by atoms with Crippen LogP contribution in [0.2, 0.25) is 0 Å². The number of aromatic hydroxyl groups is 1. The minimum Gasteiger partial charge on any atom is -0.508 e. The molecule has 0 aliphatic rings. The highest BCUT2D eigenvalue weighted by Gasteiger charge is 1.95. The minimum absolute atomic E-state index is 0.203. The van der Waals surface area contributed by atoms with Gasteiger partial charge in [0.2, 0.25) is 0 Å². The van der Waals surface area contributed by atoms with Crippen molar-refractivity contribution in [3.8, 4) is 5.75 Å². The quantitative estimate of drug-likeness (QED) is 0.461. The van der Waals surface area contributed by atoms with Crippen molar-refractivity contribution in [3.63, 3.8) is 0 Å². The number of hydrogen-bond acceptors (Lipinski definition) is 3. The molecule has 3 N–H and O–H groups in total. The van der Waals surface area contributed by atoms with Crippen LogP contribution in [0.3, 0.4) is 0 Å². The number of aryl methyl sites for hydroxylation is 1. The SMILES string of the molecule is Cc1ccc(NC(=S)N/N=C\c2cccc(O)c2)cc1. The van der Waals surface area contributed by atoms with Crippen molar-refractivity contribution in [2.75, 3.05) is 5.32 Å². The topological polar surface area (TPSA) is 56.7 Å². The van der Waals surface area contributed by atoms with Gasteiger partial charge in [-0.25, -0.2) is 0 Å². The van der Waals surface area contributed by atoms with Crippen LogP contribution in [0.25, 0.3) is 0 Å². The second-order valence-electron chi connectivity index (χ2n) is 4.29. The summed E-state index contributed by atoms with van der Waals surface area (Å²) in [6, 6.07) is 14.7. The fourth-order valence-corrected chi connectivity index (χ4v) is 1.74. The van der Waals surface area contributed by atoms with Crippen molar-refractivity contribution < 1.29 is 5.11 Å². The summed E-state index contributed by atoms with van der Waals surface area (Å²) in [7, 11) is 0. The molecule has 2 rings (SSSR count). The minimum atomic E-state index is 0.203. The van der Waals surface area contributed by atoms with Crippen LogP contribution < -0.4 is 10.7 Å². The third-order valence-electron chi connectivity index (χ3n) is 2.56. The summed E-state index contributed by atoms with van der Waals surface area (Å²) in [6.45, 7) is 2.03. The van der Waals surface area contributed by atoms with Crippen LogP contribution in [0.1, 0.15) is 11.1 Å². The van der Waals surface area contributed by atoms with Crippen molar-refractivity contribution >= 4 is 29.2 Å². The number of hydrazone groups is 1. The summed E-state index contributed by atoms with van der Waals surface area (Å²) >= 11 is 5.12. The number of hydrogen-bond donors (Lipinski definition) is 3. The van der Waals surface area contributed by atoms with E-state index in [1.807, 2.05) is 37.3 Å². The summed E-state index contributed by atoms with van der Waals surface area (Å²) in [5, 5.41) is 16.8. The third kappa shape index (κ3) is 4.37. The second-order valence-corrected chi connectivity index (χ2v) is 4.69. The van der Waals surface area contributed by atoms with Crippen LogP contribution in [0.15, 0.2) is 53.6 Å². The Balaban J connectivity index is 1.87. The number of anilines is 1. The number of nitrogens with zero attached hydrogens (tertiary/aromatic N) is 1. The first-order chi connectivity index (χ1) is 9.63. The number of rotatable bonds is 3. The maximum Gasteiger partial charge on any atom is 0.191 e. The highest BCUT2D eigenvalue weighted by atomic mass is 32.1. The molecule has 0 radical (unpaired) electrons. The van der Waals surface area contributed by atoms with Crippen LogP contribution in [0, 0.1) is 6.92 Å². The van der Waals surface area contributed by atoms with Crippen molar-refractivity contribution in [1.82, 2.24) is 5.43 Å². The first-order valence-electron chi connectivity index (χ1n) is 6.09. The molecular formula is C15H15N3OS. The van der Waals surface area contributed by atoms with Gasteiger partial charge in [0.1, 0.15) is 5.75 Å². The van der Waals surface area contributed by atoms with Crippen LogP contribution in [0.4, 0.5) is 5.69 Å². The van der Waals surface area contributed by atoms with Crippen molar-refractivity contribution in [1.29, 1.82) is 0 Å². The lowest BCUT2D eigenvalue weighted by Gasteiger charge is -2.06. The zero-order valence-corrected chi connectivity index (χ0v) is 11.8. The highest BCUT2D eigenvalue weighted by Crippen LogP contribution is 2.09. The van der Waals surface area contributed by atoms with E-state index in [0.29, 0.717) is 5.11 Å². The first kappa shape index (κ1) is 14.0. The van der Waals surface area contributed by atoms with E-state index in [-0.39, 0.29) is 5.75 Å². The van der Waals surface area contributed by atoms with Gasteiger partial charge >= 0.3 is 0 Å². The molecule has 0 fully saturated rings. The first-order valence-corrected chi connectivity index (χ1v) is 6.50. The van der Waals surface area contributed by atoms with E-state index in [4.69, 9.17) is 12.2 Å². The number of thiocarbonyl (C=S) groups is 1. The van der Waals surface area contributed by atoms with Crippen LogP contribution in [-0.4, -0.2) is 16.4 Å². The summed E-state index contributed by atoms with van der Waals surface area (Å²) in [5.74, 6) is 0.203. The van der Waals surface area contributed by atoms with E-state index in [1.165, 1.54) is 5.56 Å². The van der Waals surface area contributed by atoms with Crippen molar-refractivity contribution in [2.24, 2.45) is 5.10 Å². The van der Waals surface area contributed by atoms with Gasteiger partial charge in [0, 0.05) is 5.69 Å². The van der Waals surface area contributed by atoms with E-state index in [1.54, 1.807) is 24.4 Å². The normalized spacial score (nSPS) is 10.4. The second kappa shape index (κ2) is 6.68. The third-order valence-corrected chi connectivity index (χ3v) is 2.75. The van der Waals surface area contributed by atoms with Crippen LogP contribution in [-0.2, 0) is 0 Å². The van der Waals surface area contributed by atoms with Gasteiger partial charge in [0.15, 0.2) is 5.11 Å². The highest BCUT2D eigenvalue weighted by molar-refractivity contribution is 7.80. The number of phenolic OH excluding ortho intramolecular Hbond substituents is 1. The van der Waals surface area contributed by atoms with E-state index in [9.17, 15) is 5.11 Å². The number of phenols is 1. The van der Waals surface area contributed by atoms with Gasteiger partial charge in [-0.05, 0) is 49.0 Å². The summed E-state index contributed by atoms with van der Waals surface area (Å²) in [4.78, 5) is 0. The van der Waals surface area contributed by atoms with E-state index in [2.05, 4.69) is 15.8 Å². The summed E-state index contributed by atoms with van der Waals surface area (Å²) in [5.41, 5.74) is 5.60. The Labute approximate surface area is 123 Å². The van der Waals surface area contributed by atoms with E-state index >= 15 is 0 Å². The Bertz CT molecular complexity index is 623. The molecule has 0 amide bonds. The standard InChI is InChI=1S/C15H15N3OS/c1-11-5-7-13(8-6-11)17-15(20)18-16-10-12-3-2-4-14(19)9-12/h2-10,19H,1H3,(H2,17,18,20)/b16-10-. The molecule has 0 heterocycles. The predicted octanol–water partition coefficient (Wildman–Crippen LogP) is 3.02. The fraction of sp³-hybridized carbons (Fsp3) is 0.0667. The molecule has 0 saturated heterocycles. The zero-order chi connectivity index (χ0) is 14.4. The Morgan fingerprint density at radius 1 is 1.20 bits per heavy atom. The molecule has 5 heteroatoms. The van der Waals surface area contributed by atoms with Gasteiger partial charge < -0.3 is 10.4 Å². The number of benzene rings is 2. The molecule has 102 valence electrons. The zero-order valence-electron chi connectivity index (χ0n) is 11.0. The Morgan fingerprint density at radius 3 is 2.65 bits per heavy atom. The molecule has 0 aromatic heterocycles. The van der Waals surface area contributed by atoms with Crippen LogP contribution >= 0.6 is 12.2 Å². The Morgan fingerprint density at radius 2 is 1.95 bits per heavy atom.